The molecule has 0 aliphatic heterocycles. The molecule has 0 bridgehead atoms. The van der Waals surface area contributed by atoms with Gasteiger partial charge in [0.05, 0.1) is 6.42 Å². The second-order valence-corrected chi connectivity index (χ2v) is 2.42. The van der Waals surface area contributed by atoms with E-state index in [-0.39, 0.29) is 17.9 Å². The molecular weight excluding hydrogens is 158 g/mol. The summed E-state index contributed by atoms with van der Waals surface area (Å²) in [5, 5.41) is 17.9. The first-order valence-electron chi connectivity index (χ1n) is 3.35. The number of carbonyl (C=O) groups is 1. The van der Waals surface area contributed by atoms with Crippen molar-refractivity contribution in [3.05, 3.63) is 23.8 Å². The molecule has 4 nitrogen and oxygen atoms in total. The van der Waals surface area contributed by atoms with Crippen LogP contribution in [0.1, 0.15) is 5.56 Å². The number of phenols is 2. The standard InChI is InChI=1S/C8H8NO3/c9-8(12)4-5-1-2-6(10)7(11)3-5/h1-3,9-11H,4H2. The topological polar surface area (TPSA) is 81.3 Å². The summed E-state index contributed by atoms with van der Waals surface area (Å²) in [5.41, 5.74) is 7.18. The monoisotopic (exact) mass is 166 g/mol. The molecule has 1 amide bonds. The maximum Gasteiger partial charge on any atom is 0.242 e. The average molecular weight is 166 g/mol. The van der Waals surface area contributed by atoms with Gasteiger partial charge in [-0.1, -0.05) is 6.07 Å². The van der Waals surface area contributed by atoms with E-state index in [1.165, 1.54) is 18.2 Å². The predicted molar refractivity (Wildman–Crippen MR) is 41.6 cm³/mol. The Labute approximate surface area is 69.3 Å². The van der Waals surface area contributed by atoms with E-state index in [0.717, 1.165) is 0 Å². The van der Waals surface area contributed by atoms with E-state index >= 15 is 0 Å². The van der Waals surface area contributed by atoms with Crippen LogP contribution >= 0.6 is 0 Å². The van der Waals surface area contributed by atoms with Crippen LogP contribution in [0, 0.1) is 0 Å². The summed E-state index contributed by atoms with van der Waals surface area (Å²) < 4.78 is 0. The zero-order valence-corrected chi connectivity index (χ0v) is 6.24. The number of phenolic OH excluding ortho intramolecular Hbond substituents is 2. The number of amides is 1. The summed E-state index contributed by atoms with van der Waals surface area (Å²) in [6, 6.07) is 4.04. The Morgan fingerprint density at radius 1 is 1.33 bits per heavy atom. The minimum absolute atomic E-state index is 0.0478. The van der Waals surface area contributed by atoms with Crippen molar-refractivity contribution < 1.29 is 15.0 Å². The van der Waals surface area contributed by atoms with Crippen molar-refractivity contribution in [2.45, 2.75) is 6.42 Å². The second-order valence-electron chi connectivity index (χ2n) is 2.42. The second kappa shape index (κ2) is 3.13. The molecule has 63 valence electrons. The van der Waals surface area contributed by atoms with E-state index in [9.17, 15) is 4.79 Å². The van der Waals surface area contributed by atoms with Crippen LogP contribution in [0.25, 0.3) is 0 Å². The molecule has 0 unspecified atom stereocenters. The van der Waals surface area contributed by atoms with Gasteiger partial charge >= 0.3 is 0 Å². The molecule has 3 N–H and O–H groups in total. The summed E-state index contributed by atoms with van der Waals surface area (Å²) >= 11 is 0. The Balaban J connectivity index is 2.89. The lowest BCUT2D eigenvalue weighted by atomic mass is 10.1. The third-order valence-electron chi connectivity index (χ3n) is 1.40. The van der Waals surface area contributed by atoms with Crippen LogP contribution in [-0.4, -0.2) is 16.1 Å². The SMILES string of the molecule is [NH]C(=O)Cc1ccc(O)c(O)c1. The van der Waals surface area contributed by atoms with Crippen molar-refractivity contribution in [1.82, 2.24) is 5.73 Å². The highest BCUT2D eigenvalue weighted by Gasteiger charge is 2.02. The number of aromatic hydroxyl groups is 2. The Morgan fingerprint density at radius 3 is 2.50 bits per heavy atom. The number of carbonyl (C=O) groups excluding carboxylic acids is 1. The molecule has 0 aliphatic carbocycles. The van der Waals surface area contributed by atoms with Gasteiger partial charge in [0.1, 0.15) is 0 Å². The van der Waals surface area contributed by atoms with E-state index in [0.29, 0.717) is 5.56 Å². The first-order valence-corrected chi connectivity index (χ1v) is 3.35. The van der Waals surface area contributed by atoms with E-state index < -0.39 is 5.91 Å². The lowest BCUT2D eigenvalue weighted by Crippen LogP contribution is -2.01. The van der Waals surface area contributed by atoms with Gasteiger partial charge in [-0.25, -0.2) is 0 Å². The Kier molecular flexibility index (Phi) is 2.19. The highest BCUT2D eigenvalue weighted by molar-refractivity contribution is 5.76. The predicted octanol–water partition coefficient (Wildman–Crippen LogP) is 0.450. The van der Waals surface area contributed by atoms with Crippen molar-refractivity contribution in [2.24, 2.45) is 0 Å². The smallest absolute Gasteiger partial charge is 0.242 e. The molecule has 0 atom stereocenters. The number of hydrogen-bond acceptors (Lipinski definition) is 3. The number of hydrogen-bond donors (Lipinski definition) is 2. The maximum atomic E-state index is 10.3. The molecule has 1 aromatic rings. The largest absolute Gasteiger partial charge is 0.504 e. The van der Waals surface area contributed by atoms with Gasteiger partial charge in [0.2, 0.25) is 5.91 Å². The van der Waals surface area contributed by atoms with Gasteiger partial charge in [-0.05, 0) is 17.7 Å². The van der Waals surface area contributed by atoms with Gasteiger partial charge in [-0.15, -0.1) is 0 Å². The molecule has 0 fully saturated rings. The fraction of sp³-hybridized carbons (Fsp3) is 0.125. The number of nitrogens with one attached hydrogen (secondary N) is 1. The molecule has 0 saturated carbocycles. The minimum atomic E-state index is -0.722. The number of benzene rings is 1. The fourth-order valence-corrected chi connectivity index (χ4v) is 0.864. The summed E-state index contributed by atoms with van der Waals surface area (Å²) in [5.74, 6) is -1.22. The molecule has 1 aromatic carbocycles. The molecule has 0 aliphatic rings. The molecule has 0 heterocycles. The maximum absolute atomic E-state index is 10.3. The van der Waals surface area contributed by atoms with Gasteiger partial charge in [0.15, 0.2) is 11.5 Å². The first-order chi connectivity index (χ1) is 5.59. The molecule has 0 saturated heterocycles. The Bertz CT molecular complexity index is 309. The van der Waals surface area contributed by atoms with E-state index in [1.807, 2.05) is 0 Å². The van der Waals surface area contributed by atoms with Gasteiger partial charge in [0.25, 0.3) is 0 Å². The van der Waals surface area contributed by atoms with Gasteiger partial charge in [0, 0.05) is 0 Å². The van der Waals surface area contributed by atoms with Crippen molar-refractivity contribution in [1.29, 1.82) is 0 Å². The summed E-state index contributed by atoms with van der Waals surface area (Å²) in [4.78, 5) is 10.3. The minimum Gasteiger partial charge on any atom is -0.504 e. The van der Waals surface area contributed by atoms with Gasteiger partial charge in [-0.2, -0.15) is 0 Å². The van der Waals surface area contributed by atoms with Crippen molar-refractivity contribution in [3.63, 3.8) is 0 Å². The summed E-state index contributed by atoms with van der Waals surface area (Å²) in [6.07, 6.45) is -0.0478. The van der Waals surface area contributed by atoms with Crippen LogP contribution in [0.4, 0.5) is 0 Å². The molecule has 0 aromatic heterocycles. The molecular formula is C8H8NO3. The van der Waals surface area contributed by atoms with Crippen LogP contribution in [0.3, 0.4) is 0 Å². The molecule has 0 spiro atoms. The molecule has 12 heavy (non-hydrogen) atoms. The Hall–Kier alpha value is -1.71. The average Bonchev–Trinajstić information content (AvgIpc) is 1.96. The van der Waals surface area contributed by atoms with Crippen molar-refractivity contribution >= 4 is 5.91 Å². The zero-order valence-electron chi connectivity index (χ0n) is 6.24. The third kappa shape index (κ3) is 1.88. The normalized spacial score (nSPS) is 9.67. The van der Waals surface area contributed by atoms with Gasteiger partial charge < -0.3 is 10.2 Å². The fourth-order valence-electron chi connectivity index (χ4n) is 0.864. The zero-order chi connectivity index (χ0) is 9.14. The highest BCUT2D eigenvalue weighted by Crippen LogP contribution is 2.24. The van der Waals surface area contributed by atoms with Crippen molar-refractivity contribution in [2.75, 3.05) is 0 Å². The first kappa shape index (κ1) is 8.39. The lowest BCUT2D eigenvalue weighted by molar-refractivity contribution is -0.118. The number of rotatable bonds is 2. The van der Waals surface area contributed by atoms with Crippen LogP contribution in [0.2, 0.25) is 0 Å². The van der Waals surface area contributed by atoms with Crippen LogP contribution < -0.4 is 5.73 Å². The van der Waals surface area contributed by atoms with E-state index in [2.05, 4.69) is 0 Å². The lowest BCUT2D eigenvalue weighted by Gasteiger charge is -1.99. The molecule has 1 rings (SSSR count). The van der Waals surface area contributed by atoms with Gasteiger partial charge in [-0.3, -0.25) is 10.5 Å². The molecule has 1 radical (unpaired) electrons. The highest BCUT2D eigenvalue weighted by atomic mass is 16.3. The van der Waals surface area contributed by atoms with Crippen LogP contribution in [0.15, 0.2) is 18.2 Å². The Morgan fingerprint density at radius 2 is 2.00 bits per heavy atom. The van der Waals surface area contributed by atoms with Crippen LogP contribution in [0.5, 0.6) is 11.5 Å². The summed E-state index contributed by atoms with van der Waals surface area (Å²) in [7, 11) is 0. The molecule has 4 heteroatoms. The van der Waals surface area contributed by atoms with Crippen molar-refractivity contribution in [3.8, 4) is 11.5 Å². The van der Waals surface area contributed by atoms with E-state index in [4.69, 9.17) is 15.9 Å². The quantitative estimate of drug-likeness (QED) is 0.626. The summed E-state index contributed by atoms with van der Waals surface area (Å²) in [6.45, 7) is 0. The third-order valence-corrected chi connectivity index (χ3v) is 1.40. The van der Waals surface area contributed by atoms with Crippen LogP contribution in [-0.2, 0) is 11.2 Å². The van der Waals surface area contributed by atoms with E-state index in [1.54, 1.807) is 0 Å².